The summed E-state index contributed by atoms with van der Waals surface area (Å²) in [6.45, 7) is 0. The summed E-state index contributed by atoms with van der Waals surface area (Å²) in [6.07, 6.45) is 2.75. The smallest absolute Gasteiger partial charge is 0.338 e. The number of ether oxygens (including phenoxy) is 1. The average molecular weight is 269 g/mol. The molecule has 2 heterocycles. The normalized spacial score (nSPS) is 10.7. The summed E-state index contributed by atoms with van der Waals surface area (Å²) >= 11 is 0. The first-order chi connectivity index (χ1) is 9.67. The van der Waals surface area contributed by atoms with Crippen molar-refractivity contribution in [3.63, 3.8) is 0 Å². The number of benzene rings is 1. The molecule has 0 aliphatic carbocycles. The first-order valence-corrected chi connectivity index (χ1v) is 5.90. The van der Waals surface area contributed by atoms with E-state index in [1.807, 2.05) is 24.3 Å². The van der Waals surface area contributed by atoms with Crippen LogP contribution >= 0.6 is 0 Å². The van der Waals surface area contributed by atoms with Gasteiger partial charge in [0, 0.05) is 24.0 Å². The molecule has 3 aromatic rings. The second kappa shape index (κ2) is 4.65. The van der Waals surface area contributed by atoms with Gasteiger partial charge in [0.2, 0.25) is 0 Å². The van der Waals surface area contributed by atoms with Gasteiger partial charge in [0.1, 0.15) is 5.75 Å². The highest BCUT2D eigenvalue weighted by molar-refractivity contribution is 5.87. The van der Waals surface area contributed by atoms with Gasteiger partial charge >= 0.3 is 5.97 Å². The number of fused-ring (bicyclic) bond motifs is 1. The predicted octanol–water partition coefficient (Wildman–Crippen LogP) is 2.10. The van der Waals surface area contributed by atoms with E-state index in [1.54, 1.807) is 13.2 Å². The Morgan fingerprint density at radius 2 is 2.20 bits per heavy atom. The molecule has 6 nitrogen and oxygen atoms in total. The zero-order valence-corrected chi connectivity index (χ0v) is 10.6. The Bertz CT molecular complexity index is 795. The lowest BCUT2D eigenvalue weighted by atomic mass is 10.1. The summed E-state index contributed by atoms with van der Waals surface area (Å²) in [5.74, 6) is -0.295. The Hall–Kier alpha value is -2.89. The molecular weight excluding hydrogens is 258 g/mol. The first-order valence-electron chi connectivity index (χ1n) is 5.90. The second-order valence-corrected chi connectivity index (χ2v) is 4.21. The van der Waals surface area contributed by atoms with Crippen LogP contribution in [0.1, 0.15) is 10.4 Å². The van der Waals surface area contributed by atoms with Gasteiger partial charge in [0.25, 0.3) is 0 Å². The largest absolute Gasteiger partial charge is 0.497 e. The van der Waals surface area contributed by atoms with Gasteiger partial charge in [0.15, 0.2) is 5.65 Å². The number of carbonyl (C=O) groups is 1. The van der Waals surface area contributed by atoms with Crippen molar-refractivity contribution in [2.75, 3.05) is 7.11 Å². The molecule has 1 N–H and O–H groups in total. The van der Waals surface area contributed by atoms with Crippen molar-refractivity contribution < 1.29 is 14.6 Å². The predicted molar refractivity (Wildman–Crippen MR) is 71.9 cm³/mol. The highest BCUT2D eigenvalue weighted by Crippen LogP contribution is 2.23. The summed E-state index contributed by atoms with van der Waals surface area (Å²) in [6, 6.07) is 9.27. The van der Waals surface area contributed by atoms with Crippen molar-refractivity contribution in [2.45, 2.75) is 0 Å². The second-order valence-electron chi connectivity index (χ2n) is 4.21. The lowest BCUT2D eigenvalue weighted by Crippen LogP contribution is -2.00. The molecule has 0 atom stereocenters. The highest BCUT2D eigenvalue weighted by atomic mass is 16.5. The fourth-order valence-corrected chi connectivity index (χ4v) is 1.91. The zero-order chi connectivity index (χ0) is 14.1. The van der Waals surface area contributed by atoms with Crippen LogP contribution in [-0.2, 0) is 0 Å². The minimum atomic E-state index is -1.03. The van der Waals surface area contributed by atoms with E-state index < -0.39 is 5.97 Å². The van der Waals surface area contributed by atoms with Gasteiger partial charge in [-0.05, 0) is 12.1 Å². The topological polar surface area (TPSA) is 76.7 Å². The number of nitrogens with zero attached hydrogens (tertiary/aromatic N) is 3. The molecule has 1 aromatic carbocycles. The molecule has 0 fully saturated rings. The molecule has 0 radical (unpaired) electrons. The Morgan fingerprint density at radius 1 is 1.35 bits per heavy atom. The Morgan fingerprint density at radius 3 is 2.95 bits per heavy atom. The van der Waals surface area contributed by atoms with Crippen molar-refractivity contribution in [3.8, 4) is 17.0 Å². The number of hydrogen-bond donors (Lipinski definition) is 1. The minimum Gasteiger partial charge on any atom is -0.497 e. The fourth-order valence-electron chi connectivity index (χ4n) is 1.91. The summed E-state index contributed by atoms with van der Waals surface area (Å²) in [5.41, 5.74) is 2.27. The molecule has 0 spiro atoms. The lowest BCUT2D eigenvalue weighted by Gasteiger charge is -2.00. The first kappa shape index (κ1) is 12.2. The van der Waals surface area contributed by atoms with Crippen LogP contribution in [0.25, 0.3) is 16.9 Å². The molecule has 0 amide bonds. The third kappa shape index (κ3) is 2.07. The number of carboxylic acid groups (broad SMARTS) is 1. The Balaban J connectivity index is 2.10. The van der Waals surface area contributed by atoms with E-state index in [0.29, 0.717) is 11.3 Å². The molecule has 0 saturated heterocycles. The summed E-state index contributed by atoms with van der Waals surface area (Å²) in [4.78, 5) is 15.0. The molecule has 20 heavy (non-hydrogen) atoms. The van der Waals surface area contributed by atoms with Crippen molar-refractivity contribution in [3.05, 3.63) is 48.3 Å². The van der Waals surface area contributed by atoms with Crippen LogP contribution < -0.4 is 4.74 Å². The SMILES string of the molecule is COc1cccc(-c2cc3ncc(C(=O)O)cn3n2)c1. The molecule has 0 aliphatic rings. The third-order valence-corrected chi connectivity index (χ3v) is 2.93. The van der Waals surface area contributed by atoms with Crippen LogP contribution in [0.4, 0.5) is 0 Å². The maximum atomic E-state index is 10.9. The molecule has 6 heteroatoms. The van der Waals surface area contributed by atoms with E-state index in [4.69, 9.17) is 9.84 Å². The van der Waals surface area contributed by atoms with E-state index in [-0.39, 0.29) is 5.56 Å². The molecule has 0 bridgehead atoms. The average Bonchev–Trinajstić information content (AvgIpc) is 2.90. The number of aromatic nitrogens is 3. The Kier molecular flexibility index (Phi) is 2.83. The maximum absolute atomic E-state index is 10.9. The number of rotatable bonds is 3. The number of carboxylic acids is 1. The third-order valence-electron chi connectivity index (χ3n) is 2.93. The number of methoxy groups -OCH3 is 1. The van der Waals surface area contributed by atoms with E-state index in [1.165, 1.54) is 16.9 Å². The van der Waals surface area contributed by atoms with Gasteiger partial charge in [-0.3, -0.25) is 0 Å². The van der Waals surface area contributed by atoms with Gasteiger partial charge in [-0.15, -0.1) is 0 Å². The van der Waals surface area contributed by atoms with Gasteiger partial charge in [0.05, 0.1) is 18.4 Å². The maximum Gasteiger partial charge on any atom is 0.338 e. The number of aromatic carboxylic acids is 1. The summed E-state index contributed by atoms with van der Waals surface area (Å²) < 4.78 is 6.63. The summed E-state index contributed by atoms with van der Waals surface area (Å²) in [5, 5.41) is 13.3. The standard InChI is InChI=1S/C14H11N3O3/c1-20-11-4-2-3-9(5-11)12-6-13-15-7-10(14(18)19)8-17(13)16-12/h2-8H,1H3,(H,18,19). The molecule has 3 rings (SSSR count). The monoisotopic (exact) mass is 269 g/mol. The van der Waals surface area contributed by atoms with E-state index in [9.17, 15) is 4.79 Å². The molecule has 0 saturated carbocycles. The van der Waals surface area contributed by atoms with Gasteiger partial charge in [-0.25, -0.2) is 14.3 Å². The molecule has 100 valence electrons. The van der Waals surface area contributed by atoms with Gasteiger partial charge in [-0.2, -0.15) is 5.10 Å². The molecular formula is C14H11N3O3. The molecule has 0 aliphatic heterocycles. The van der Waals surface area contributed by atoms with Gasteiger partial charge < -0.3 is 9.84 Å². The van der Waals surface area contributed by atoms with Crippen LogP contribution in [-0.4, -0.2) is 32.8 Å². The van der Waals surface area contributed by atoms with Crippen molar-refractivity contribution in [1.29, 1.82) is 0 Å². The van der Waals surface area contributed by atoms with E-state index >= 15 is 0 Å². The van der Waals surface area contributed by atoms with Crippen LogP contribution in [0.15, 0.2) is 42.7 Å². The minimum absolute atomic E-state index is 0.0952. The Labute approximate surface area is 114 Å². The quantitative estimate of drug-likeness (QED) is 0.788. The van der Waals surface area contributed by atoms with E-state index in [0.717, 1.165) is 11.3 Å². The van der Waals surface area contributed by atoms with Crippen LogP contribution in [0, 0.1) is 0 Å². The van der Waals surface area contributed by atoms with Crippen LogP contribution in [0.5, 0.6) is 5.75 Å². The number of hydrogen-bond acceptors (Lipinski definition) is 4. The van der Waals surface area contributed by atoms with Crippen LogP contribution in [0.2, 0.25) is 0 Å². The van der Waals surface area contributed by atoms with E-state index in [2.05, 4.69) is 10.1 Å². The zero-order valence-electron chi connectivity index (χ0n) is 10.6. The molecule has 0 unspecified atom stereocenters. The van der Waals surface area contributed by atoms with Crippen molar-refractivity contribution in [1.82, 2.24) is 14.6 Å². The van der Waals surface area contributed by atoms with Crippen molar-refractivity contribution >= 4 is 11.6 Å². The van der Waals surface area contributed by atoms with Gasteiger partial charge in [-0.1, -0.05) is 12.1 Å². The summed E-state index contributed by atoms with van der Waals surface area (Å²) in [7, 11) is 1.60. The molecule has 2 aromatic heterocycles. The van der Waals surface area contributed by atoms with Crippen molar-refractivity contribution in [2.24, 2.45) is 0 Å². The van der Waals surface area contributed by atoms with Crippen LogP contribution in [0.3, 0.4) is 0 Å². The lowest BCUT2D eigenvalue weighted by molar-refractivity contribution is 0.0695. The fraction of sp³-hybridized carbons (Fsp3) is 0.0714. The highest BCUT2D eigenvalue weighted by Gasteiger charge is 2.09.